The SMILES string of the molecule is NCc1cccc2c1CC(NC(=O)O)CN2c1ccc(C(F)(F)F)cc1. The Bertz CT molecular complexity index is 806. The smallest absolute Gasteiger partial charge is 0.416 e. The van der Waals surface area contributed by atoms with E-state index >= 15 is 0 Å². The van der Waals surface area contributed by atoms with Gasteiger partial charge in [-0.05, 0) is 47.9 Å². The second-order valence-electron chi connectivity index (χ2n) is 6.12. The molecule has 1 aliphatic rings. The minimum absolute atomic E-state index is 0.295. The fraction of sp³-hybridized carbons (Fsp3) is 0.278. The Morgan fingerprint density at radius 1 is 1.23 bits per heavy atom. The summed E-state index contributed by atoms with van der Waals surface area (Å²) in [7, 11) is 0. The molecule has 5 nitrogen and oxygen atoms in total. The lowest BCUT2D eigenvalue weighted by Gasteiger charge is -2.37. The van der Waals surface area contributed by atoms with Crippen molar-refractivity contribution < 1.29 is 23.1 Å². The first-order valence-electron chi connectivity index (χ1n) is 8.04. The fourth-order valence-electron chi connectivity index (χ4n) is 3.28. The molecule has 0 saturated carbocycles. The molecule has 1 unspecified atom stereocenters. The van der Waals surface area contributed by atoms with E-state index in [0.29, 0.717) is 25.2 Å². The number of anilines is 2. The van der Waals surface area contributed by atoms with Crippen molar-refractivity contribution >= 4 is 17.5 Å². The number of carboxylic acid groups (broad SMARTS) is 1. The van der Waals surface area contributed by atoms with Crippen molar-refractivity contribution in [2.75, 3.05) is 11.4 Å². The van der Waals surface area contributed by atoms with Crippen LogP contribution < -0.4 is 16.0 Å². The van der Waals surface area contributed by atoms with Gasteiger partial charge in [-0.1, -0.05) is 12.1 Å². The maximum absolute atomic E-state index is 12.8. The van der Waals surface area contributed by atoms with Gasteiger partial charge in [-0.15, -0.1) is 0 Å². The van der Waals surface area contributed by atoms with Gasteiger partial charge in [-0.2, -0.15) is 13.2 Å². The molecule has 26 heavy (non-hydrogen) atoms. The molecule has 3 rings (SSSR count). The molecule has 4 N–H and O–H groups in total. The summed E-state index contributed by atoms with van der Waals surface area (Å²) in [5.41, 5.74) is 8.24. The number of hydrogen-bond donors (Lipinski definition) is 3. The van der Waals surface area contributed by atoms with Crippen molar-refractivity contribution in [3.8, 4) is 0 Å². The lowest BCUT2D eigenvalue weighted by molar-refractivity contribution is -0.137. The molecule has 0 saturated heterocycles. The van der Waals surface area contributed by atoms with Crippen molar-refractivity contribution in [3.05, 3.63) is 59.2 Å². The van der Waals surface area contributed by atoms with E-state index in [1.54, 1.807) is 0 Å². The number of amides is 1. The minimum Gasteiger partial charge on any atom is -0.465 e. The molecule has 2 aromatic rings. The molecular formula is C18H18F3N3O2. The van der Waals surface area contributed by atoms with E-state index in [0.717, 1.165) is 28.9 Å². The van der Waals surface area contributed by atoms with Gasteiger partial charge in [0, 0.05) is 24.5 Å². The largest absolute Gasteiger partial charge is 0.465 e. The van der Waals surface area contributed by atoms with E-state index in [1.165, 1.54) is 12.1 Å². The molecular weight excluding hydrogens is 347 g/mol. The predicted molar refractivity (Wildman–Crippen MR) is 91.4 cm³/mol. The summed E-state index contributed by atoms with van der Waals surface area (Å²) in [5, 5.41) is 11.5. The highest BCUT2D eigenvalue weighted by molar-refractivity contribution is 5.71. The van der Waals surface area contributed by atoms with Crippen LogP contribution in [0.5, 0.6) is 0 Å². The van der Waals surface area contributed by atoms with Crippen molar-refractivity contribution in [2.24, 2.45) is 5.73 Å². The molecule has 0 radical (unpaired) electrons. The fourth-order valence-corrected chi connectivity index (χ4v) is 3.28. The maximum Gasteiger partial charge on any atom is 0.416 e. The van der Waals surface area contributed by atoms with Gasteiger partial charge in [0.1, 0.15) is 0 Å². The Labute approximate surface area is 148 Å². The number of carbonyl (C=O) groups is 1. The molecule has 1 atom stereocenters. The number of alkyl halides is 3. The van der Waals surface area contributed by atoms with Gasteiger partial charge in [0.2, 0.25) is 0 Å². The van der Waals surface area contributed by atoms with Crippen LogP contribution in [-0.4, -0.2) is 23.8 Å². The summed E-state index contributed by atoms with van der Waals surface area (Å²) < 4.78 is 38.4. The Morgan fingerprint density at radius 3 is 2.50 bits per heavy atom. The van der Waals surface area contributed by atoms with Crippen molar-refractivity contribution in [3.63, 3.8) is 0 Å². The van der Waals surface area contributed by atoms with Gasteiger partial charge in [0.25, 0.3) is 0 Å². The molecule has 138 valence electrons. The van der Waals surface area contributed by atoms with Gasteiger partial charge in [0.15, 0.2) is 0 Å². The second-order valence-corrected chi connectivity index (χ2v) is 6.12. The van der Waals surface area contributed by atoms with E-state index in [-0.39, 0.29) is 0 Å². The average molecular weight is 365 g/mol. The number of nitrogens with one attached hydrogen (secondary N) is 1. The number of hydrogen-bond acceptors (Lipinski definition) is 3. The van der Waals surface area contributed by atoms with Crippen LogP contribution in [0.15, 0.2) is 42.5 Å². The molecule has 0 aliphatic carbocycles. The van der Waals surface area contributed by atoms with E-state index in [2.05, 4.69) is 5.32 Å². The highest BCUT2D eigenvalue weighted by Gasteiger charge is 2.31. The highest BCUT2D eigenvalue weighted by Crippen LogP contribution is 2.37. The lowest BCUT2D eigenvalue weighted by Crippen LogP contribution is -2.46. The molecule has 2 aromatic carbocycles. The zero-order chi connectivity index (χ0) is 18.9. The third-order valence-corrected chi connectivity index (χ3v) is 4.45. The Balaban J connectivity index is 2.01. The molecule has 1 amide bonds. The van der Waals surface area contributed by atoms with E-state index in [9.17, 15) is 18.0 Å². The van der Waals surface area contributed by atoms with E-state index in [4.69, 9.17) is 10.8 Å². The molecule has 1 aliphatic heterocycles. The van der Waals surface area contributed by atoms with Gasteiger partial charge in [-0.25, -0.2) is 4.79 Å². The maximum atomic E-state index is 12.8. The summed E-state index contributed by atoms with van der Waals surface area (Å²) in [6.45, 7) is 0.614. The number of rotatable bonds is 3. The molecule has 0 fully saturated rings. The normalized spacial score (nSPS) is 16.9. The Kier molecular flexibility index (Phi) is 4.78. The van der Waals surface area contributed by atoms with Crippen LogP contribution in [0.4, 0.5) is 29.3 Å². The topological polar surface area (TPSA) is 78.6 Å². The second kappa shape index (κ2) is 6.87. The monoisotopic (exact) mass is 365 g/mol. The first-order valence-corrected chi connectivity index (χ1v) is 8.04. The number of nitrogens with two attached hydrogens (primary N) is 1. The number of benzene rings is 2. The van der Waals surface area contributed by atoms with Crippen molar-refractivity contribution in [1.82, 2.24) is 5.32 Å². The third-order valence-electron chi connectivity index (χ3n) is 4.45. The van der Waals surface area contributed by atoms with Gasteiger partial charge in [-0.3, -0.25) is 0 Å². The summed E-state index contributed by atoms with van der Waals surface area (Å²) in [6, 6.07) is 10.0. The summed E-state index contributed by atoms with van der Waals surface area (Å²) >= 11 is 0. The van der Waals surface area contributed by atoms with Gasteiger partial charge >= 0.3 is 12.3 Å². The Hall–Kier alpha value is -2.74. The Morgan fingerprint density at radius 2 is 1.92 bits per heavy atom. The average Bonchev–Trinajstić information content (AvgIpc) is 2.59. The number of halogens is 3. The molecule has 0 spiro atoms. The van der Waals surface area contributed by atoms with Crippen LogP contribution in [0.3, 0.4) is 0 Å². The van der Waals surface area contributed by atoms with Crippen LogP contribution in [0.25, 0.3) is 0 Å². The summed E-state index contributed by atoms with van der Waals surface area (Å²) in [5.74, 6) is 0. The van der Waals surface area contributed by atoms with Crippen molar-refractivity contribution in [1.29, 1.82) is 0 Å². The lowest BCUT2D eigenvalue weighted by atomic mass is 9.92. The van der Waals surface area contributed by atoms with Crippen LogP contribution in [0.2, 0.25) is 0 Å². The summed E-state index contributed by atoms with van der Waals surface area (Å²) in [6.07, 6.45) is -5.07. The molecule has 1 heterocycles. The van der Waals surface area contributed by atoms with E-state index in [1.807, 2.05) is 23.1 Å². The zero-order valence-electron chi connectivity index (χ0n) is 13.8. The predicted octanol–water partition coefficient (Wildman–Crippen LogP) is 3.49. The minimum atomic E-state index is -4.40. The van der Waals surface area contributed by atoms with Gasteiger partial charge in [0.05, 0.1) is 11.6 Å². The van der Waals surface area contributed by atoms with Crippen LogP contribution in [0.1, 0.15) is 16.7 Å². The quantitative estimate of drug-likeness (QED) is 0.778. The molecule has 0 aromatic heterocycles. The van der Waals surface area contributed by atoms with Crippen LogP contribution in [0, 0.1) is 0 Å². The van der Waals surface area contributed by atoms with Gasteiger partial charge < -0.3 is 21.1 Å². The van der Waals surface area contributed by atoms with Crippen LogP contribution in [-0.2, 0) is 19.1 Å². The third kappa shape index (κ3) is 3.60. The highest BCUT2D eigenvalue weighted by atomic mass is 19.4. The number of nitrogens with zero attached hydrogens (tertiary/aromatic N) is 1. The molecule has 0 bridgehead atoms. The first-order chi connectivity index (χ1) is 12.3. The van der Waals surface area contributed by atoms with E-state index < -0.39 is 23.9 Å². The first kappa shape index (κ1) is 18.1. The standard InChI is InChI=1S/C18H18F3N3O2/c19-18(20,21)12-4-6-14(7-5-12)24-10-13(23-17(25)26)8-15-11(9-22)2-1-3-16(15)24/h1-7,13,23H,8-10,22H2,(H,25,26). The van der Waals surface area contributed by atoms with Crippen LogP contribution >= 0.6 is 0 Å². The van der Waals surface area contributed by atoms with Crippen molar-refractivity contribution in [2.45, 2.75) is 25.2 Å². The molecule has 8 heteroatoms. The zero-order valence-corrected chi connectivity index (χ0v) is 13.8. The number of fused-ring (bicyclic) bond motifs is 1. The summed E-state index contributed by atoms with van der Waals surface area (Å²) in [4.78, 5) is 12.9.